The predicted molar refractivity (Wildman–Crippen MR) is 123 cm³/mol. The Morgan fingerprint density at radius 1 is 0.722 bits per heavy atom. The first kappa shape index (κ1) is 24.3. The molecule has 0 spiro atoms. The summed E-state index contributed by atoms with van der Waals surface area (Å²) in [6, 6.07) is 21.4. The highest BCUT2D eigenvalue weighted by atomic mass is 16.7. The normalized spacial score (nSPS) is 14.4. The van der Waals surface area contributed by atoms with Crippen LogP contribution in [0.25, 0.3) is 0 Å². The van der Waals surface area contributed by atoms with Crippen molar-refractivity contribution in [1.29, 1.82) is 0 Å². The molecular formula is C26H21NO9. The molecule has 10 heteroatoms. The van der Waals surface area contributed by atoms with Crippen molar-refractivity contribution in [2.45, 2.75) is 25.7 Å². The summed E-state index contributed by atoms with van der Waals surface area (Å²) in [6.45, 7) is -0.0504. The van der Waals surface area contributed by atoms with Gasteiger partial charge in [-0.3, -0.25) is 0 Å². The van der Waals surface area contributed by atoms with Gasteiger partial charge in [0.05, 0.1) is 0 Å². The van der Waals surface area contributed by atoms with Crippen LogP contribution in [0.3, 0.4) is 0 Å². The molecule has 1 N–H and O–H groups in total. The topological polar surface area (TPSA) is 126 Å². The van der Waals surface area contributed by atoms with Crippen LogP contribution in [-0.4, -0.2) is 30.4 Å². The first-order valence-corrected chi connectivity index (χ1v) is 10.9. The lowest BCUT2D eigenvalue weighted by atomic mass is 10.1. The Kier molecular flexibility index (Phi) is 7.76. The van der Waals surface area contributed by atoms with Crippen molar-refractivity contribution >= 4 is 24.4 Å². The predicted octanol–water partition coefficient (Wildman–Crippen LogP) is 4.30. The number of cyclic esters (lactones) is 2. The van der Waals surface area contributed by atoms with Crippen LogP contribution >= 0.6 is 0 Å². The largest absolute Gasteiger partial charge is 0.514 e. The zero-order valence-corrected chi connectivity index (χ0v) is 18.9. The molecule has 3 aromatic carbocycles. The van der Waals surface area contributed by atoms with E-state index in [0.717, 1.165) is 11.1 Å². The van der Waals surface area contributed by atoms with Crippen LogP contribution in [0.1, 0.15) is 16.7 Å². The summed E-state index contributed by atoms with van der Waals surface area (Å²) in [7, 11) is 0. The number of alkyl carbamates (subject to hydrolysis) is 1. The molecule has 10 nitrogen and oxygen atoms in total. The standard InChI is InChI=1S/C26H21NO9/c28-23-20(27-24(29)36-23)13-19-11-12-21(34-25(30)32-15-17-7-3-1-4-8-17)22(14-19)35-26(31)33-16-18-9-5-2-6-10-18/h1-12,14,20H,13,15-16H2,(H,27,29)/t20-/m0/s1. The quantitative estimate of drug-likeness (QED) is 0.212. The average molecular weight is 491 g/mol. The van der Waals surface area contributed by atoms with Crippen molar-refractivity contribution in [3.63, 3.8) is 0 Å². The molecule has 1 aliphatic heterocycles. The Morgan fingerprint density at radius 2 is 1.28 bits per heavy atom. The van der Waals surface area contributed by atoms with E-state index >= 15 is 0 Å². The second-order valence-electron chi connectivity index (χ2n) is 7.64. The molecule has 0 aliphatic carbocycles. The van der Waals surface area contributed by atoms with E-state index in [1.807, 2.05) is 12.1 Å². The van der Waals surface area contributed by atoms with Gasteiger partial charge in [-0.1, -0.05) is 66.7 Å². The van der Waals surface area contributed by atoms with Gasteiger partial charge in [0.1, 0.15) is 19.3 Å². The van der Waals surface area contributed by atoms with Gasteiger partial charge in [0.25, 0.3) is 0 Å². The Hall–Kier alpha value is -4.86. The van der Waals surface area contributed by atoms with Gasteiger partial charge in [-0.2, -0.15) is 0 Å². The highest BCUT2D eigenvalue weighted by molar-refractivity contribution is 5.95. The van der Waals surface area contributed by atoms with Gasteiger partial charge in [-0.25, -0.2) is 19.2 Å². The Bertz CT molecular complexity index is 1240. The van der Waals surface area contributed by atoms with Crippen LogP contribution in [0.4, 0.5) is 14.4 Å². The molecule has 0 saturated carbocycles. The minimum absolute atomic E-state index is 0.0173. The van der Waals surface area contributed by atoms with Crippen molar-refractivity contribution in [3.05, 3.63) is 95.6 Å². The van der Waals surface area contributed by atoms with E-state index in [4.69, 9.17) is 18.9 Å². The molecule has 0 radical (unpaired) electrons. The minimum atomic E-state index is -1.04. The number of hydrogen-bond acceptors (Lipinski definition) is 9. The van der Waals surface area contributed by atoms with E-state index in [0.29, 0.717) is 5.56 Å². The number of ether oxygens (including phenoxy) is 5. The molecule has 4 rings (SSSR count). The first-order valence-electron chi connectivity index (χ1n) is 10.9. The van der Waals surface area contributed by atoms with E-state index in [1.54, 1.807) is 54.6 Å². The van der Waals surface area contributed by atoms with E-state index in [-0.39, 0.29) is 31.1 Å². The summed E-state index contributed by atoms with van der Waals surface area (Å²) in [4.78, 5) is 47.7. The van der Waals surface area contributed by atoms with E-state index in [9.17, 15) is 19.2 Å². The van der Waals surface area contributed by atoms with Gasteiger partial charge >= 0.3 is 24.4 Å². The highest BCUT2D eigenvalue weighted by Gasteiger charge is 2.32. The third kappa shape index (κ3) is 6.83. The summed E-state index contributed by atoms with van der Waals surface area (Å²) < 4.78 is 25.3. The van der Waals surface area contributed by atoms with E-state index < -0.39 is 30.4 Å². The monoisotopic (exact) mass is 491 g/mol. The van der Waals surface area contributed by atoms with Crippen LogP contribution in [0.15, 0.2) is 78.9 Å². The zero-order valence-electron chi connectivity index (χ0n) is 18.9. The molecule has 3 aromatic rings. The van der Waals surface area contributed by atoms with Crippen molar-refractivity contribution in [3.8, 4) is 11.5 Å². The highest BCUT2D eigenvalue weighted by Crippen LogP contribution is 2.30. The third-order valence-electron chi connectivity index (χ3n) is 5.00. The lowest BCUT2D eigenvalue weighted by Gasteiger charge is -2.13. The molecule has 1 aliphatic rings. The van der Waals surface area contributed by atoms with Crippen LogP contribution < -0.4 is 14.8 Å². The third-order valence-corrected chi connectivity index (χ3v) is 5.00. The summed E-state index contributed by atoms with van der Waals surface area (Å²) >= 11 is 0. The fraction of sp³-hybridized carbons (Fsp3) is 0.154. The Labute approximate surface area is 205 Å². The van der Waals surface area contributed by atoms with Crippen molar-refractivity contribution in [1.82, 2.24) is 5.32 Å². The SMILES string of the molecule is O=C1N[C@@H](Cc2ccc(OC(=O)OCc3ccccc3)c(OC(=O)OCc3ccccc3)c2)C(=O)O1. The van der Waals surface area contributed by atoms with Gasteiger partial charge in [-0.15, -0.1) is 0 Å². The zero-order chi connectivity index (χ0) is 25.3. The average Bonchev–Trinajstić information content (AvgIpc) is 3.20. The maximum Gasteiger partial charge on any atom is 0.514 e. The van der Waals surface area contributed by atoms with E-state index in [2.05, 4.69) is 10.1 Å². The number of carbonyl (C=O) groups excluding carboxylic acids is 4. The summed E-state index contributed by atoms with van der Waals surface area (Å²) in [6.07, 6.45) is -2.83. The van der Waals surface area contributed by atoms with Crippen molar-refractivity contribution in [2.24, 2.45) is 0 Å². The molecule has 1 atom stereocenters. The number of hydrogen-bond donors (Lipinski definition) is 1. The first-order chi connectivity index (χ1) is 17.5. The van der Waals surface area contributed by atoms with Crippen LogP contribution in [0, 0.1) is 0 Å². The van der Waals surface area contributed by atoms with Crippen molar-refractivity contribution < 1.29 is 42.9 Å². The molecule has 1 saturated heterocycles. The second kappa shape index (κ2) is 11.5. The fourth-order valence-electron chi connectivity index (χ4n) is 3.28. The van der Waals surface area contributed by atoms with E-state index in [1.165, 1.54) is 12.1 Å². The van der Waals surface area contributed by atoms with Gasteiger partial charge in [0.15, 0.2) is 11.5 Å². The molecule has 184 valence electrons. The molecule has 1 fully saturated rings. The fourth-order valence-corrected chi connectivity index (χ4v) is 3.28. The maximum absolute atomic E-state index is 12.3. The number of amides is 1. The van der Waals surface area contributed by atoms with Gasteiger partial charge in [-0.05, 0) is 28.8 Å². The molecule has 0 unspecified atom stereocenters. The van der Waals surface area contributed by atoms with Crippen molar-refractivity contribution in [2.75, 3.05) is 0 Å². The summed E-state index contributed by atoms with van der Waals surface area (Å²) in [5, 5.41) is 2.38. The molecule has 1 amide bonds. The molecule has 1 heterocycles. The summed E-state index contributed by atoms with van der Waals surface area (Å²) in [5.41, 5.74) is 2.01. The van der Waals surface area contributed by atoms with Gasteiger partial charge < -0.3 is 29.0 Å². The lowest BCUT2D eigenvalue weighted by Crippen LogP contribution is -2.30. The number of esters is 1. The van der Waals surface area contributed by atoms with Gasteiger partial charge in [0.2, 0.25) is 0 Å². The molecule has 0 aromatic heterocycles. The van der Waals surface area contributed by atoms with Crippen LogP contribution in [0.2, 0.25) is 0 Å². The number of benzene rings is 3. The number of rotatable bonds is 8. The summed E-state index contributed by atoms with van der Waals surface area (Å²) in [5.74, 6) is -0.971. The van der Waals surface area contributed by atoms with Crippen LogP contribution in [-0.2, 0) is 38.6 Å². The minimum Gasteiger partial charge on any atom is -0.429 e. The smallest absolute Gasteiger partial charge is 0.429 e. The second-order valence-corrected chi connectivity index (χ2v) is 7.64. The molecule has 0 bridgehead atoms. The Morgan fingerprint density at radius 3 is 1.81 bits per heavy atom. The van der Waals surface area contributed by atoms with Gasteiger partial charge in [0, 0.05) is 6.42 Å². The lowest BCUT2D eigenvalue weighted by molar-refractivity contribution is -0.135. The van der Waals surface area contributed by atoms with Crippen LogP contribution in [0.5, 0.6) is 11.5 Å². The molecular weight excluding hydrogens is 470 g/mol. The Balaban J connectivity index is 1.45. The molecule has 36 heavy (non-hydrogen) atoms. The number of nitrogens with one attached hydrogen (secondary N) is 1. The number of carbonyl (C=O) groups is 4. The maximum atomic E-state index is 12.3.